The number of carbonyl (C=O) groups is 1. The number of ether oxygens (including phenoxy) is 4. The topological polar surface area (TPSA) is 66.0 Å². The van der Waals surface area contributed by atoms with Crippen LogP contribution in [0.15, 0.2) is 48.5 Å². The summed E-state index contributed by atoms with van der Waals surface area (Å²) >= 11 is 0. The van der Waals surface area contributed by atoms with E-state index in [0.717, 1.165) is 25.2 Å². The minimum atomic E-state index is -0.183. The van der Waals surface area contributed by atoms with Crippen molar-refractivity contribution in [1.82, 2.24) is 0 Å². The molecule has 2 aromatic rings. The van der Waals surface area contributed by atoms with Crippen LogP contribution in [0.3, 0.4) is 0 Å². The van der Waals surface area contributed by atoms with Crippen LogP contribution < -0.4 is 14.8 Å². The van der Waals surface area contributed by atoms with Crippen molar-refractivity contribution in [3.8, 4) is 11.5 Å². The number of hydrogen-bond acceptors (Lipinski definition) is 5. The highest BCUT2D eigenvalue weighted by Crippen LogP contribution is 2.20. The maximum atomic E-state index is 12.5. The summed E-state index contributed by atoms with van der Waals surface area (Å²) in [6.45, 7) is 4.97. The molecule has 0 radical (unpaired) electrons. The molecular weight excluding hydrogens is 358 g/mol. The van der Waals surface area contributed by atoms with E-state index in [-0.39, 0.29) is 12.0 Å². The summed E-state index contributed by atoms with van der Waals surface area (Å²) in [5.41, 5.74) is 1.24. The zero-order valence-corrected chi connectivity index (χ0v) is 16.2. The molecule has 6 heteroatoms. The zero-order chi connectivity index (χ0) is 19.6. The molecule has 3 rings (SSSR count). The van der Waals surface area contributed by atoms with E-state index >= 15 is 0 Å². The highest BCUT2D eigenvalue weighted by Gasteiger charge is 2.16. The van der Waals surface area contributed by atoms with Gasteiger partial charge in [0.25, 0.3) is 5.91 Å². The van der Waals surface area contributed by atoms with Crippen LogP contribution in [0.5, 0.6) is 11.5 Å². The Morgan fingerprint density at radius 3 is 2.71 bits per heavy atom. The third-order valence-electron chi connectivity index (χ3n) is 4.37. The first-order valence-electron chi connectivity index (χ1n) is 9.71. The predicted octanol–water partition coefficient (Wildman–Crippen LogP) is 3.91. The molecule has 1 N–H and O–H groups in total. The summed E-state index contributed by atoms with van der Waals surface area (Å²) < 4.78 is 22.1. The Morgan fingerprint density at radius 2 is 1.96 bits per heavy atom. The first-order valence-corrected chi connectivity index (χ1v) is 9.71. The first kappa shape index (κ1) is 20.2. The number of rotatable bonds is 10. The summed E-state index contributed by atoms with van der Waals surface area (Å²) in [4.78, 5) is 12.5. The SMILES string of the molecule is CCOCCOc1cccc(NC(=O)c2ccc(OCC3CCCO3)cc2)c1. The monoisotopic (exact) mass is 385 g/mol. The average Bonchev–Trinajstić information content (AvgIpc) is 3.24. The molecule has 150 valence electrons. The fourth-order valence-corrected chi connectivity index (χ4v) is 2.90. The summed E-state index contributed by atoms with van der Waals surface area (Å²) in [5.74, 6) is 1.24. The van der Waals surface area contributed by atoms with Gasteiger partial charge in [0.15, 0.2) is 0 Å². The van der Waals surface area contributed by atoms with Crippen molar-refractivity contribution in [2.24, 2.45) is 0 Å². The molecule has 1 aliphatic heterocycles. The second-order valence-electron chi connectivity index (χ2n) is 6.50. The van der Waals surface area contributed by atoms with Crippen LogP contribution in [0.4, 0.5) is 5.69 Å². The molecule has 0 aromatic heterocycles. The Labute approximate surface area is 165 Å². The number of carbonyl (C=O) groups excluding carboxylic acids is 1. The van der Waals surface area contributed by atoms with Gasteiger partial charge in [-0.05, 0) is 56.2 Å². The van der Waals surface area contributed by atoms with E-state index in [0.29, 0.717) is 43.4 Å². The second-order valence-corrected chi connectivity index (χ2v) is 6.50. The number of benzene rings is 2. The van der Waals surface area contributed by atoms with E-state index in [1.165, 1.54) is 0 Å². The van der Waals surface area contributed by atoms with E-state index in [9.17, 15) is 4.79 Å². The Kier molecular flexibility index (Phi) is 7.70. The molecule has 0 bridgehead atoms. The van der Waals surface area contributed by atoms with Crippen molar-refractivity contribution >= 4 is 11.6 Å². The van der Waals surface area contributed by atoms with Crippen molar-refractivity contribution in [1.29, 1.82) is 0 Å². The predicted molar refractivity (Wildman–Crippen MR) is 107 cm³/mol. The van der Waals surface area contributed by atoms with E-state index in [1.54, 1.807) is 30.3 Å². The molecule has 0 saturated carbocycles. The van der Waals surface area contributed by atoms with Gasteiger partial charge in [0, 0.05) is 30.5 Å². The largest absolute Gasteiger partial charge is 0.491 e. The number of hydrogen-bond donors (Lipinski definition) is 1. The fourth-order valence-electron chi connectivity index (χ4n) is 2.90. The van der Waals surface area contributed by atoms with Gasteiger partial charge in [0.1, 0.15) is 24.7 Å². The lowest BCUT2D eigenvalue weighted by Crippen LogP contribution is -2.16. The van der Waals surface area contributed by atoms with Gasteiger partial charge >= 0.3 is 0 Å². The summed E-state index contributed by atoms with van der Waals surface area (Å²) in [7, 11) is 0. The van der Waals surface area contributed by atoms with E-state index in [2.05, 4.69) is 5.32 Å². The molecule has 1 aliphatic rings. The lowest BCUT2D eigenvalue weighted by atomic mass is 10.2. The van der Waals surface area contributed by atoms with Gasteiger partial charge in [0.05, 0.1) is 12.7 Å². The van der Waals surface area contributed by atoms with Gasteiger partial charge in [-0.1, -0.05) is 6.07 Å². The molecule has 6 nitrogen and oxygen atoms in total. The maximum absolute atomic E-state index is 12.5. The van der Waals surface area contributed by atoms with Crippen LogP contribution in [-0.4, -0.2) is 45.0 Å². The van der Waals surface area contributed by atoms with Crippen molar-refractivity contribution in [3.63, 3.8) is 0 Å². The van der Waals surface area contributed by atoms with Crippen molar-refractivity contribution in [2.75, 3.05) is 38.4 Å². The van der Waals surface area contributed by atoms with E-state index < -0.39 is 0 Å². The third kappa shape index (κ3) is 6.25. The van der Waals surface area contributed by atoms with Gasteiger partial charge in [0.2, 0.25) is 0 Å². The quantitative estimate of drug-likeness (QED) is 0.628. The molecule has 1 amide bonds. The van der Waals surface area contributed by atoms with Gasteiger partial charge in [-0.3, -0.25) is 4.79 Å². The highest BCUT2D eigenvalue weighted by molar-refractivity contribution is 6.04. The Hall–Kier alpha value is -2.57. The maximum Gasteiger partial charge on any atom is 0.255 e. The van der Waals surface area contributed by atoms with Crippen LogP contribution in [0.25, 0.3) is 0 Å². The molecule has 1 heterocycles. The van der Waals surface area contributed by atoms with Gasteiger partial charge < -0.3 is 24.3 Å². The molecule has 28 heavy (non-hydrogen) atoms. The molecule has 0 aliphatic carbocycles. The van der Waals surface area contributed by atoms with Gasteiger partial charge in [-0.15, -0.1) is 0 Å². The number of nitrogens with one attached hydrogen (secondary N) is 1. The summed E-state index contributed by atoms with van der Waals surface area (Å²) in [5, 5.41) is 2.89. The minimum absolute atomic E-state index is 0.172. The number of anilines is 1. The zero-order valence-electron chi connectivity index (χ0n) is 16.2. The smallest absolute Gasteiger partial charge is 0.255 e. The Morgan fingerprint density at radius 1 is 1.11 bits per heavy atom. The van der Waals surface area contributed by atoms with Crippen LogP contribution in [0.1, 0.15) is 30.1 Å². The summed E-state index contributed by atoms with van der Waals surface area (Å²) in [6, 6.07) is 14.4. The summed E-state index contributed by atoms with van der Waals surface area (Å²) in [6.07, 6.45) is 2.30. The van der Waals surface area contributed by atoms with Gasteiger partial charge in [-0.25, -0.2) is 0 Å². The lowest BCUT2D eigenvalue weighted by molar-refractivity contribution is 0.0679. The minimum Gasteiger partial charge on any atom is -0.491 e. The van der Waals surface area contributed by atoms with Crippen molar-refractivity contribution < 1.29 is 23.7 Å². The second kappa shape index (κ2) is 10.7. The first-order chi connectivity index (χ1) is 13.7. The van der Waals surface area contributed by atoms with Crippen molar-refractivity contribution in [2.45, 2.75) is 25.9 Å². The molecular formula is C22H27NO5. The molecule has 1 saturated heterocycles. The Balaban J connectivity index is 1.49. The van der Waals surface area contributed by atoms with E-state index in [4.69, 9.17) is 18.9 Å². The fraction of sp³-hybridized carbons (Fsp3) is 0.409. The van der Waals surface area contributed by atoms with Gasteiger partial charge in [-0.2, -0.15) is 0 Å². The van der Waals surface area contributed by atoms with Crippen LogP contribution in [0.2, 0.25) is 0 Å². The van der Waals surface area contributed by atoms with Crippen LogP contribution >= 0.6 is 0 Å². The lowest BCUT2D eigenvalue weighted by Gasteiger charge is -2.12. The average molecular weight is 385 g/mol. The van der Waals surface area contributed by atoms with Crippen LogP contribution in [0, 0.1) is 0 Å². The van der Waals surface area contributed by atoms with Crippen molar-refractivity contribution in [3.05, 3.63) is 54.1 Å². The normalized spacial score (nSPS) is 16.0. The molecule has 0 spiro atoms. The van der Waals surface area contributed by atoms with E-state index in [1.807, 2.05) is 25.1 Å². The third-order valence-corrected chi connectivity index (χ3v) is 4.37. The standard InChI is InChI=1S/C22H27NO5/c1-2-25-13-14-27-20-6-3-5-18(15-20)23-22(24)17-8-10-19(11-9-17)28-16-21-7-4-12-26-21/h3,5-6,8-11,15,21H,2,4,7,12-14,16H2,1H3,(H,23,24). The Bertz CT molecular complexity index is 741. The molecule has 2 aromatic carbocycles. The van der Waals surface area contributed by atoms with Crippen LogP contribution in [-0.2, 0) is 9.47 Å². The highest BCUT2D eigenvalue weighted by atomic mass is 16.5. The molecule has 1 unspecified atom stereocenters. The molecule has 1 atom stereocenters. The molecule has 1 fully saturated rings. The number of amides is 1.